The lowest BCUT2D eigenvalue weighted by atomic mass is 9.91. The average molecular weight is 775 g/mol. The number of fused-ring (bicyclic) bond motifs is 4. The Balaban J connectivity index is 1.21. The molecular weight excluding hydrogens is 733 g/mol. The number of hydrogen-bond donors (Lipinski definition) is 0. The van der Waals surface area contributed by atoms with E-state index in [4.69, 9.17) is 23.5 Å². The number of hydrogen-bond acceptors (Lipinski definition) is 5. The minimum absolute atomic E-state index is 0.0328. The van der Waals surface area contributed by atoms with E-state index in [0.717, 1.165) is 38.6 Å². The topological polar surface area (TPSA) is 55.1 Å². The molecule has 5 heteroatoms. The number of benzene rings is 9. The Hall–Kier alpha value is -8.15. The van der Waals surface area contributed by atoms with E-state index in [-0.39, 0.29) is 51.8 Å². The fraction of sp³-hybridized carbons (Fsp3) is 0. The third-order valence-electron chi connectivity index (χ3n) is 10.7. The van der Waals surface area contributed by atoms with Crippen LogP contribution in [-0.2, 0) is 0 Å². The van der Waals surface area contributed by atoms with Crippen molar-refractivity contribution >= 4 is 49.8 Å². The number of furan rings is 1. The van der Waals surface area contributed by atoms with E-state index in [0.29, 0.717) is 40.0 Å². The molecule has 0 aliphatic heterocycles. The van der Waals surface area contributed by atoms with Crippen molar-refractivity contribution in [1.29, 1.82) is 0 Å². The van der Waals surface area contributed by atoms with Gasteiger partial charge < -0.3 is 9.32 Å². The zero-order chi connectivity index (χ0) is 45.1. The standard InChI is InChI=1S/C55H36N4O/c1-5-17-37(18-6-1)38-29-31-42(32-30-38)59(41-23-11-4-12-24-41)43-35-49(52-48-27-15-16-28-50(48)60-51(52)36-43)46-33-34-47(45-26-14-13-25-44(45)46)55-57-53(39-19-7-2-8-20-39)56-54(58-55)40-21-9-3-10-22-40/h1-36H/i15D,16D,27D,28D,35D,36D. The highest BCUT2D eigenvalue weighted by Gasteiger charge is 2.22. The van der Waals surface area contributed by atoms with Gasteiger partial charge in [-0.25, -0.2) is 15.0 Å². The van der Waals surface area contributed by atoms with Crippen molar-refractivity contribution in [3.05, 3.63) is 218 Å². The molecule has 2 aromatic heterocycles. The van der Waals surface area contributed by atoms with Crippen LogP contribution in [0, 0.1) is 0 Å². The molecule has 0 amide bonds. The van der Waals surface area contributed by atoms with Crippen LogP contribution < -0.4 is 4.90 Å². The first-order valence-corrected chi connectivity index (χ1v) is 19.6. The molecule has 5 nitrogen and oxygen atoms in total. The summed E-state index contributed by atoms with van der Waals surface area (Å²) in [5.74, 6) is 1.46. The van der Waals surface area contributed by atoms with Crippen LogP contribution in [0.5, 0.6) is 0 Å². The number of rotatable bonds is 8. The molecule has 11 rings (SSSR count). The first-order valence-electron chi connectivity index (χ1n) is 22.6. The first-order chi connectivity index (χ1) is 32.3. The maximum absolute atomic E-state index is 10.4. The van der Waals surface area contributed by atoms with Gasteiger partial charge in [0.25, 0.3) is 0 Å². The molecule has 0 aliphatic rings. The van der Waals surface area contributed by atoms with Gasteiger partial charge in [-0.15, -0.1) is 0 Å². The largest absolute Gasteiger partial charge is 0.456 e. The van der Waals surface area contributed by atoms with Crippen molar-refractivity contribution in [2.75, 3.05) is 4.90 Å². The van der Waals surface area contributed by atoms with Crippen LogP contribution in [0.2, 0.25) is 0 Å². The zero-order valence-electron chi connectivity index (χ0n) is 38.0. The molecule has 0 aliphatic carbocycles. The summed E-state index contributed by atoms with van der Waals surface area (Å²) in [6.07, 6.45) is 0. The molecule has 0 spiro atoms. The van der Waals surface area contributed by atoms with Crippen LogP contribution in [0.25, 0.3) is 89.1 Å². The maximum atomic E-state index is 10.4. The normalized spacial score (nSPS) is 12.7. The highest BCUT2D eigenvalue weighted by molar-refractivity contribution is 6.17. The molecule has 0 radical (unpaired) electrons. The average Bonchev–Trinajstić information content (AvgIpc) is 3.78. The highest BCUT2D eigenvalue weighted by Crippen LogP contribution is 2.46. The van der Waals surface area contributed by atoms with E-state index in [2.05, 4.69) is 0 Å². The minimum atomic E-state index is -0.452. The maximum Gasteiger partial charge on any atom is 0.164 e. The van der Waals surface area contributed by atoms with Crippen molar-refractivity contribution in [2.24, 2.45) is 0 Å². The Morgan fingerprint density at radius 2 is 0.867 bits per heavy atom. The molecule has 9 aromatic carbocycles. The van der Waals surface area contributed by atoms with Crippen molar-refractivity contribution < 1.29 is 12.6 Å². The number of aromatic nitrogens is 3. The Kier molecular flexibility index (Phi) is 7.27. The third-order valence-corrected chi connectivity index (χ3v) is 10.7. The molecule has 11 aromatic rings. The highest BCUT2D eigenvalue weighted by atomic mass is 16.3. The Morgan fingerprint density at radius 1 is 0.367 bits per heavy atom. The lowest BCUT2D eigenvalue weighted by molar-refractivity contribution is 0.669. The Morgan fingerprint density at radius 3 is 1.52 bits per heavy atom. The van der Waals surface area contributed by atoms with Gasteiger partial charge in [-0.3, -0.25) is 0 Å². The van der Waals surface area contributed by atoms with E-state index < -0.39 is 12.1 Å². The summed E-state index contributed by atoms with van der Waals surface area (Å²) in [6.45, 7) is 0. The minimum Gasteiger partial charge on any atom is -0.456 e. The van der Waals surface area contributed by atoms with Gasteiger partial charge in [0, 0.05) is 44.9 Å². The van der Waals surface area contributed by atoms with Crippen LogP contribution in [0.3, 0.4) is 0 Å². The van der Waals surface area contributed by atoms with E-state index in [1.54, 1.807) is 0 Å². The van der Waals surface area contributed by atoms with Gasteiger partial charge >= 0.3 is 0 Å². The molecular formula is C55H36N4O. The molecule has 0 bridgehead atoms. The van der Waals surface area contributed by atoms with Crippen LogP contribution >= 0.6 is 0 Å². The van der Waals surface area contributed by atoms with Crippen molar-refractivity contribution in [1.82, 2.24) is 15.0 Å². The molecule has 0 N–H and O–H groups in total. The molecule has 0 fully saturated rings. The van der Waals surface area contributed by atoms with Gasteiger partial charge in [-0.05, 0) is 75.4 Å². The summed E-state index contributed by atoms with van der Waals surface area (Å²) in [4.78, 5) is 16.9. The lowest BCUT2D eigenvalue weighted by Gasteiger charge is -2.26. The van der Waals surface area contributed by atoms with Gasteiger partial charge in [0.2, 0.25) is 0 Å². The van der Waals surface area contributed by atoms with Crippen LogP contribution in [0.4, 0.5) is 17.1 Å². The van der Waals surface area contributed by atoms with E-state index in [1.807, 2.05) is 187 Å². The van der Waals surface area contributed by atoms with Crippen LogP contribution in [0.15, 0.2) is 223 Å². The molecule has 2 heterocycles. The quantitative estimate of drug-likeness (QED) is 0.154. The second kappa shape index (κ2) is 15.0. The number of para-hydroxylation sites is 2. The summed E-state index contributed by atoms with van der Waals surface area (Å²) in [5.41, 5.74) is 6.88. The van der Waals surface area contributed by atoms with Crippen LogP contribution in [-0.4, -0.2) is 15.0 Å². The molecule has 60 heavy (non-hydrogen) atoms. The van der Waals surface area contributed by atoms with Crippen molar-refractivity contribution in [2.45, 2.75) is 0 Å². The summed E-state index contributed by atoms with van der Waals surface area (Å²) < 4.78 is 62.2. The van der Waals surface area contributed by atoms with Gasteiger partial charge in [-0.2, -0.15) is 0 Å². The number of nitrogens with zero attached hydrogens (tertiary/aromatic N) is 4. The molecule has 0 unspecified atom stereocenters. The Labute approximate surface area is 356 Å². The predicted molar refractivity (Wildman–Crippen MR) is 246 cm³/mol. The Bertz CT molecular complexity index is 3590. The van der Waals surface area contributed by atoms with E-state index in [1.165, 1.54) is 0 Å². The summed E-state index contributed by atoms with van der Waals surface area (Å²) in [7, 11) is 0. The van der Waals surface area contributed by atoms with Gasteiger partial charge in [-0.1, -0.05) is 170 Å². The molecule has 0 atom stereocenters. The van der Waals surface area contributed by atoms with E-state index in [9.17, 15) is 4.11 Å². The lowest BCUT2D eigenvalue weighted by Crippen LogP contribution is -2.10. The summed E-state index contributed by atoms with van der Waals surface area (Å²) >= 11 is 0. The van der Waals surface area contributed by atoms with Gasteiger partial charge in [0.1, 0.15) is 11.2 Å². The monoisotopic (exact) mass is 774 g/mol. The molecule has 0 saturated carbocycles. The third kappa shape index (κ3) is 6.35. The van der Waals surface area contributed by atoms with E-state index >= 15 is 0 Å². The van der Waals surface area contributed by atoms with Crippen molar-refractivity contribution in [3.8, 4) is 56.4 Å². The van der Waals surface area contributed by atoms with Gasteiger partial charge in [0.15, 0.2) is 17.5 Å². The SMILES string of the molecule is [2H]c1c([2H])c([2H])c2c(oc3c([2H])c(N(c4ccccc4)c4ccc(-c5ccccc5)cc4)c([2H])c(-c4ccc(-c5nc(-c6ccccc6)nc(-c6ccccc6)n5)c5ccccc45)c32)c1[2H]. The summed E-state index contributed by atoms with van der Waals surface area (Å²) in [6, 6.07) is 56.9. The number of anilines is 3. The van der Waals surface area contributed by atoms with Gasteiger partial charge in [0.05, 0.1) is 13.9 Å². The zero-order valence-corrected chi connectivity index (χ0v) is 32.0. The van der Waals surface area contributed by atoms with Crippen LogP contribution in [0.1, 0.15) is 8.22 Å². The molecule has 282 valence electrons. The summed E-state index contributed by atoms with van der Waals surface area (Å²) in [5, 5.41) is 1.85. The first kappa shape index (κ1) is 29.1. The molecule has 0 saturated heterocycles. The predicted octanol–water partition coefficient (Wildman–Crippen LogP) is 14.7. The fourth-order valence-corrected chi connectivity index (χ4v) is 7.84. The second-order valence-electron chi connectivity index (χ2n) is 14.3. The van der Waals surface area contributed by atoms with Crippen molar-refractivity contribution in [3.63, 3.8) is 0 Å². The second-order valence-corrected chi connectivity index (χ2v) is 14.3. The smallest absolute Gasteiger partial charge is 0.164 e. The fourth-order valence-electron chi connectivity index (χ4n) is 7.84.